The largest absolute Gasteiger partial charge is 0.496 e. The maximum atomic E-state index is 9.69. The third-order valence-electron chi connectivity index (χ3n) is 4.57. The average molecular weight is 293 g/mol. The molecule has 2 unspecified atom stereocenters. The van der Waals surface area contributed by atoms with E-state index in [1.165, 1.54) is 5.56 Å². The lowest BCUT2D eigenvalue weighted by atomic mass is 9.87. The number of nitrogens with zero attached hydrogens (tertiary/aromatic N) is 1. The van der Waals surface area contributed by atoms with Gasteiger partial charge in [0.05, 0.1) is 20.3 Å². The Morgan fingerprint density at radius 3 is 2.81 bits per heavy atom. The number of benzene rings is 1. The summed E-state index contributed by atoms with van der Waals surface area (Å²) in [6.45, 7) is 4.69. The number of aliphatic hydroxyl groups excluding tert-OH is 1. The van der Waals surface area contributed by atoms with Crippen LogP contribution in [-0.2, 0) is 11.2 Å². The zero-order valence-electron chi connectivity index (χ0n) is 13.3. The van der Waals surface area contributed by atoms with Crippen molar-refractivity contribution in [2.24, 2.45) is 5.41 Å². The van der Waals surface area contributed by atoms with Crippen LogP contribution in [0, 0.1) is 5.41 Å². The Labute approximate surface area is 127 Å². The Bertz CT molecular complexity index is 443. The van der Waals surface area contributed by atoms with Crippen molar-refractivity contribution in [1.82, 2.24) is 4.90 Å². The van der Waals surface area contributed by atoms with Crippen LogP contribution >= 0.6 is 0 Å². The first-order valence-electron chi connectivity index (χ1n) is 7.61. The highest BCUT2D eigenvalue weighted by Crippen LogP contribution is 2.30. The Hall–Kier alpha value is -1.10. The predicted octanol–water partition coefficient (Wildman–Crippen LogP) is 1.96. The fourth-order valence-electron chi connectivity index (χ4n) is 2.98. The predicted molar refractivity (Wildman–Crippen MR) is 83.7 cm³/mol. The first-order chi connectivity index (χ1) is 10.1. The summed E-state index contributed by atoms with van der Waals surface area (Å²) in [5.41, 5.74) is 1.13. The molecule has 0 spiro atoms. The molecular formula is C17H27NO3. The van der Waals surface area contributed by atoms with E-state index in [1.807, 2.05) is 18.2 Å². The quantitative estimate of drug-likeness (QED) is 0.834. The summed E-state index contributed by atoms with van der Waals surface area (Å²) < 4.78 is 10.9. The molecule has 2 atom stereocenters. The van der Waals surface area contributed by atoms with Gasteiger partial charge in [-0.05, 0) is 38.4 Å². The molecule has 4 nitrogen and oxygen atoms in total. The van der Waals surface area contributed by atoms with Gasteiger partial charge >= 0.3 is 0 Å². The van der Waals surface area contributed by atoms with Gasteiger partial charge in [-0.25, -0.2) is 0 Å². The Morgan fingerprint density at radius 1 is 1.43 bits per heavy atom. The van der Waals surface area contributed by atoms with Crippen LogP contribution in [0.5, 0.6) is 5.75 Å². The van der Waals surface area contributed by atoms with Crippen LogP contribution in [0.15, 0.2) is 24.3 Å². The van der Waals surface area contributed by atoms with Gasteiger partial charge in [-0.2, -0.15) is 0 Å². The van der Waals surface area contributed by atoms with Gasteiger partial charge in [0.15, 0.2) is 0 Å². The minimum Gasteiger partial charge on any atom is -0.496 e. The molecule has 1 aliphatic heterocycles. The number of likely N-dealkylation sites (N-methyl/N-ethyl adjacent to an activating group) is 1. The summed E-state index contributed by atoms with van der Waals surface area (Å²) >= 11 is 0. The van der Waals surface area contributed by atoms with E-state index < -0.39 is 0 Å². The zero-order chi connectivity index (χ0) is 15.3. The molecule has 1 fully saturated rings. The number of rotatable bonds is 7. The Balaban J connectivity index is 1.97. The maximum absolute atomic E-state index is 9.69. The molecule has 0 radical (unpaired) electrons. The van der Waals surface area contributed by atoms with E-state index in [0.29, 0.717) is 12.6 Å². The monoisotopic (exact) mass is 293 g/mol. The molecule has 1 aromatic rings. The van der Waals surface area contributed by atoms with Crippen molar-refractivity contribution in [3.8, 4) is 5.75 Å². The highest BCUT2D eigenvalue weighted by atomic mass is 16.5. The zero-order valence-corrected chi connectivity index (χ0v) is 13.3. The third-order valence-corrected chi connectivity index (χ3v) is 4.57. The van der Waals surface area contributed by atoms with Crippen molar-refractivity contribution in [3.05, 3.63) is 29.8 Å². The highest BCUT2D eigenvalue weighted by Gasteiger charge is 2.36. The average Bonchev–Trinajstić information content (AvgIpc) is 2.96. The smallest absolute Gasteiger partial charge is 0.122 e. The summed E-state index contributed by atoms with van der Waals surface area (Å²) in [6.07, 6.45) is 1.87. The highest BCUT2D eigenvalue weighted by molar-refractivity contribution is 5.33. The van der Waals surface area contributed by atoms with Gasteiger partial charge in [0, 0.05) is 24.6 Å². The summed E-state index contributed by atoms with van der Waals surface area (Å²) in [4.78, 5) is 2.32. The SMILES string of the molecule is COc1ccccc1CC(C)N(C)CC1(CO)CCOC1. The molecule has 1 aliphatic rings. The fraction of sp³-hybridized carbons (Fsp3) is 0.647. The van der Waals surface area contributed by atoms with Gasteiger partial charge in [0.25, 0.3) is 0 Å². The molecule has 2 rings (SSSR count). The molecule has 0 aromatic heterocycles. The molecule has 0 saturated carbocycles. The van der Waals surface area contributed by atoms with Crippen LogP contribution in [0.1, 0.15) is 18.9 Å². The molecule has 0 amide bonds. The first-order valence-corrected chi connectivity index (χ1v) is 7.61. The van der Waals surface area contributed by atoms with E-state index in [4.69, 9.17) is 9.47 Å². The Morgan fingerprint density at radius 2 is 2.19 bits per heavy atom. The van der Waals surface area contributed by atoms with Crippen LogP contribution in [-0.4, -0.2) is 56.6 Å². The van der Waals surface area contributed by atoms with Crippen molar-refractivity contribution in [1.29, 1.82) is 0 Å². The summed E-state index contributed by atoms with van der Waals surface area (Å²) in [5.74, 6) is 0.943. The molecule has 1 saturated heterocycles. The van der Waals surface area contributed by atoms with E-state index in [9.17, 15) is 5.11 Å². The lowest BCUT2D eigenvalue weighted by Gasteiger charge is -2.34. The van der Waals surface area contributed by atoms with Crippen molar-refractivity contribution in [3.63, 3.8) is 0 Å². The van der Waals surface area contributed by atoms with E-state index in [1.54, 1.807) is 7.11 Å². The number of aliphatic hydroxyl groups is 1. The van der Waals surface area contributed by atoms with E-state index in [0.717, 1.165) is 31.7 Å². The molecule has 0 bridgehead atoms. The van der Waals surface area contributed by atoms with Crippen LogP contribution in [0.25, 0.3) is 0 Å². The van der Waals surface area contributed by atoms with Crippen molar-refractivity contribution in [2.75, 3.05) is 40.5 Å². The minimum absolute atomic E-state index is 0.0935. The van der Waals surface area contributed by atoms with Crippen LogP contribution in [0.4, 0.5) is 0 Å². The van der Waals surface area contributed by atoms with Crippen LogP contribution < -0.4 is 4.74 Å². The lowest BCUT2D eigenvalue weighted by molar-refractivity contribution is 0.0540. The molecule has 0 aliphatic carbocycles. The summed E-state index contributed by atoms with van der Waals surface area (Å²) in [6, 6.07) is 8.54. The van der Waals surface area contributed by atoms with E-state index in [-0.39, 0.29) is 12.0 Å². The molecule has 4 heteroatoms. The van der Waals surface area contributed by atoms with Gasteiger partial charge in [-0.3, -0.25) is 0 Å². The number of methoxy groups -OCH3 is 1. The fourth-order valence-corrected chi connectivity index (χ4v) is 2.98. The van der Waals surface area contributed by atoms with Crippen molar-refractivity contribution < 1.29 is 14.6 Å². The number of hydrogen-bond acceptors (Lipinski definition) is 4. The van der Waals surface area contributed by atoms with Gasteiger partial charge in [-0.1, -0.05) is 18.2 Å². The number of ether oxygens (including phenoxy) is 2. The van der Waals surface area contributed by atoms with Crippen LogP contribution in [0.3, 0.4) is 0 Å². The first kappa shape index (κ1) is 16.3. The third kappa shape index (κ3) is 3.96. The molecular weight excluding hydrogens is 266 g/mol. The second-order valence-corrected chi connectivity index (χ2v) is 6.24. The molecule has 1 aromatic carbocycles. The van der Waals surface area contributed by atoms with Crippen molar-refractivity contribution >= 4 is 0 Å². The van der Waals surface area contributed by atoms with E-state index >= 15 is 0 Å². The molecule has 1 N–H and O–H groups in total. The maximum Gasteiger partial charge on any atom is 0.122 e. The molecule has 118 valence electrons. The van der Waals surface area contributed by atoms with Crippen molar-refractivity contribution in [2.45, 2.75) is 25.8 Å². The molecule has 21 heavy (non-hydrogen) atoms. The van der Waals surface area contributed by atoms with Crippen LogP contribution in [0.2, 0.25) is 0 Å². The van der Waals surface area contributed by atoms with Gasteiger partial charge < -0.3 is 19.5 Å². The summed E-state index contributed by atoms with van der Waals surface area (Å²) in [7, 11) is 3.83. The summed E-state index contributed by atoms with van der Waals surface area (Å²) in [5, 5.41) is 9.69. The normalized spacial score (nSPS) is 23.5. The number of para-hydroxylation sites is 1. The minimum atomic E-state index is -0.0935. The Kier molecular flexibility index (Phi) is 5.62. The number of hydrogen-bond donors (Lipinski definition) is 1. The lowest BCUT2D eigenvalue weighted by Crippen LogP contribution is -2.43. The topological polar surface area (TPSA) is 41.9 Å². The van der Waals surface area contributed by atoms with E-state index in [2.05, 4.69) is 24.9 Å². The van der Waals surface area contributed by atoms with Gasteiger partial charge in [-0.15, -0.1) is 0 Å². The van der Waals surface area contributed by atoms with Gasteiger partial charge in [0.2, 0.25) is 0 Å². The second-order valence-electron chi connectivity index (χ2n) is 6.24. The van der Waals surface area contributed by atoms with Gasteiger partial charge in [0.1, 0.15) is 5.75 Å². The second kappa shape index (κ2) is 7.25. The standard InChI is InChI=1S/C17H27NO3/c1-14(10-15-6-4-5-7-16(15)20-3)18(2)11-17(12-19)8-9-21-13-17/h4-7,14,19H,8-13H2,1-3H3. The molecule has 1 heterocycles.